The fraction of sp³-hybridized carbons (Fsp3) is 0.455. The summed E-state index contributed by atoms with van der Waals surface area (Å²) in [6.07, 6.45) is 5.91. The molecule has 140 valence electrons. The van der Waals surface area contributed by atoms with Crippen molar-refractivity contribution in [2.45, 2.75) is 51.7 Å². The number of nitrogens with one attached hydrogen (secondary N) is 1. The lowest BCUT2D eigenvalue weighted by Gasteiger charge is -2.34. The van der Waals surface area contributed by atoms with Crippen molar-refractivity contribution in [3.8, 4) is 5.75 Å². The van der Waals surface area contributed by atoms with Crippen LogP contribution in [0.2, 0.25) is 0 Å². The zero-order chi connectivity index (χ0) is 18.4. The first kappa shape index (κ1) is 16.6. The van der Waals surface area contributed by atoms with E-state index in [1.54, 1.807) is 0 Å². The number of aryl methyl sites for hydroxylation is 3. The zero-order valence-corrected chi connectivity index (χ0v) is 15.8. The van der Waals surface area contributed by atoms with E-state index in [9.17, 15) is 4.79 Å². The SMILES string of the molecule is Cc1cc2c(nc1N1CCC(Oc3ccc4c(c3)CCC4)CC1)CNC2=O. The molecule has 3 aliphatic rings. The number of carbonyl (C=O) groups excluding carboxylic acids is 1. The average molecular weight is 363 g/mol. The molecule has 0 spiro atoms. The summed E-state index contributed by atoms with van der Waals surface area (Å²) in [6, 6.07) is 8.59. The van der Waals surface area contributed by atoms with Gasteiger partial charge in [0.15, 0.2) is 0 Å². The summed E-state index contributed by atoms with van der Waals surface area (Å²) < 4.78 is 6.28. The number of hydrogen-bond donors (Lipinski definition) is 1. The van der Waals surface area contributed by atoms with Crippen molar-refractivity contribution in [2.24, 2.45) is 0 Å². The maximum Gasteiger partial charge on any atom is 0.253 e. The molecule has 0 atom stereocenters. The minimum absolute atomic E-state index is 0.00592. The maximum absolute atomic E-state index is 11.8. The second-order valence-electron chi connectivity index (χ2n) is 7.89. The Morgan fingerprint density at radius 1 is 1.15 bits per heavy atom. The summed E-state index contributed by atoms with van der Waals surface area (Å²) >= 11 is 0. The molecule has 5 rings (SSSR count). The highest BCUT2D eigenvalue weighted by Crippen LogP contribution is 2.30. The van der Waals surface area contributed by atoms with Gasteiger partial charge in [-0.2, -0.15) is 0 Å². The van der Waals surface area contributed by atoms with Gasteiger partial charge in [-0.05, 0) is 61.1 Å². The highest BCUT2D eigenvalue weighted by atomic mass is 16.5. The number of anilines is 1. The maximum atomic E-state index is 11.8. The third-order valence-corrected chi connectivity index (χ3v) is 6.04. The Kier molecular flexibility index (Phi) is 4.03. The Morgan fingerprint density at radius 3 is 2.81 bits per heavy atom. The van der Waals surface area contributed by atoms with Crippen LogP contribution in [0.25, 0.3) is 0 Å². The van der Waals surface area contributed by atoms with E-state index in [0.717, 1.165) is 54.3 Å². The van der Waals surface area contributed by atoms with E-state index in [2.05, 4.69) is 28.4 Å². The van der Waals surface area contributed by atoms with Crippen LogP contribution < -0.4 is 15.0 Å². The van der Waals surface area contributed by atoms with Gasteiger partial charge in [0.2, 0.25) is 0 Å². The molecule has 2 aromatic rings. The predicted octanol–water partition coefficient (Wildman–Crippen LogP) is 3.17. The van der Waals surface area contributed by atoms with Gasteiger partial charge >= 0.3 is 0 Å². The molecule has 2 aliphatic heterocycles. The van der Waals surface area contributed by atoms with Gasteiger partial charge in [0, 0.05) is 25.9 Å². The first-order valence-electron chi connectivity index (χ1n) is 9.99. The molecule has 5 nitrogen and oxygen atoms in total. The molecule has 1 aliphatic carbocycles. The number of amides is 1. The summed E-state index contributed by atoms with van der Waals surface area (Å²) in [7, 11) is 0. The topological polar surface area (TPSA) is 54.5 Å². The quantitative estimate of drug-likeness (QED) is 0.910. The summed E-state index contributed by atoms with van der Waals surface area (Å²) in [5.41, 5.74) is 5.63. The Bertz CT molecular complexity index is 901. The van der Waals surface area contributed by atoms with Gasteiger partial charge in [-0.3, -0.25) is 4.79 Å². The molecule has 1 N–H and O–H groups in total. The van der Waals surface area contributed by atoms with Crippen LogP contribution in [0.15, 0.2) is 24.3 Å². The summed E-state index contributed by atoms with van der Waals surface area (Å²) in [6.45, 7) is 4.45. The minimum atomic E-state index is -0.00592. The lowest BCUT2D eigenvalue weighted by atomic mass is 10.1. The van der Waals surface area contributed by atoms with Crippen molar-refractivity contribution in [3.05, 3.63) is 52.2 Å². The number of fused-ring (bicyclic) bond motifs is 2. The molecule has 0 radical (unpaired) electrons. The van der Waals surface area contributed by atoms with E-state index in [-0.39, 0.29) is 12.0 Å². The first-order valence-corrected chi connectivity index (χ1v) is 9.99. The van der Waals surface area contributed by atoms with Gasteiger partial charge < -0.3 is 15.0 Å². The smallest absolute Gasteiger partial charge is 0.253 e. The highest BCUT2D eigenvalue weighted by molar-refractivity contribution is 5.98. The van der Waals surface area contributed by atoms with Gasteiger partial charge in [-0.25, -0.2) is 4.98 Å². The largest absolute Gasteiger partial charge is 0.490 e. The van der Waals surface area contributed by atoms with Gasteiger partial charge in [0.1, 0.15) is 17.7 Å². The lowest BCUT2D eigenvalue weighted by Crippen LogP contribution is -2.39. The molecular formula is C22H25N3O2. The third kappa shape index (κ3) is 3.05. The Labute approximate surface area is 159 Å². The van der Waals surface area contributed by atoms with Crippen molar-refractivity contribution in [3.63, 3.8) is 0 Å². The van der Waals surface area contributed by atoms with E-state index in [1.807, 2.05) is 13.0 Å². The van der Waals surface area contributed by atoms with Crippen molar-refractivity contribution in [1.82, 2.24) is 10.3 Å². The summed E-state index contributed by atoms with van der Waals surface area (Å²) in [4.78, 5) is 18.9. The molecule has 0 bridgehead atoms. The second kappa shape index (κ2) is 6.55. The van der Waals surface area contributed by atoms with E-state index in [0.29, 0.717) is 6.54 Å². The fourth-order valence-electron chi connectivity index (χ4n) is 4.55. The molecule has 1 amide bonds. The molecule has 1 saturated heterocycles. The monoisotopic (exact) mass is 363 g/mol. The van der Waals surface area contributed by atoms with E-state index >= 15 is 0 Å². The van der Waals surface area contributed by atoms with Crippen molar-refractivity contribution >= 4 is 11.7 Å². The second-order valence-corrected chi connectivity index (χ2v) is 7.89. The highest BCUT2D eigenvalue weighted by Gasteiger charge is 2.26. The molecule has 0 unspecified atom stereocenters. The van der Waals surface area contributed by atoms with Crippen molar-refractivity contribution in [1.29, 1.82) is 0 Å². The number of hydrogen-bond acceptors (Lipinski definition) is 4. The predicted molar refractivity (Wildman–Crippen MR) is 104 cm³/mol. The van der Waals surface area contributed by atoms with Crippen LogP contribution in [-0.4, -0.2) is 30.1 Å². The third-order valence-electron chi connectivity index (χ3n) is 6.04. The van der Waals surface area contributed by atoms with Crippen molar-refractivity contribution < 1.29 is 9.53 Å². The van der Waals surface area contributed by atoms with Crippen LogP contribution >= 0.6 is 0 Å². The number of pyridine rings is 1. The van der Waals surface area contributed by atoms with Crippen LogP contribution in [0.1, 0.15) is 52.0 Å². The first-order chi connectivity index (χ1) is 13.2. The average Bonchev–Trinajstić information content (AvgIpc) is 3.28. The summed E-state index contributed by atoms with van der Waals surface area (Å²) in [5.74, 6) is 2.03. The minimum Gasteiger partial charge on any atom is -0.490 e. The van der Waals surface area contributed by atoms with Crippen LogP contribution in [0.4, 0.5) is 5.82 Å². The molecule has 5 heteroatoms. The van der Waals surface area contributed by atoms with Crippen molar-refractivity contribution in [2.75, 3.05) is 18.0 Å². The van der Waals surface area contributed by atoms with Crippen LogP contribution in [0.3, 0.4) is 0 Å². The number of nitrogens with zero attached hydrogens (tertiary/aromatic N) is 2. The van der Waals surface area contributed by atoms with Crippen LogP contribution in [0.5, 0.6) is 5.75 Å². The molecule has 0 saturated carbocycles. The molecule has 1 aromatic heterocycles. The van der Waals surface area contributed by atoms with E-state index in [1.165, 1.54) is 30.4 Å². The molecular weight excluding hydrogens is 338 g/mol. The lowest BCUT2D eigenvalue weighted by molar-refractivity contribution is 0.0965. The summed E-state index contributed by atoms with van der Waals surface area (Å²) in [5, 5.41) is 2.85. The fourth-order valence-corrected chi connectivity index (χ4v) is 4.55. The molecule has 1 aromatic carbocycles. The van der Waals surface area contributed by atoms with Gasteiger partial charge in [0.05, 0.1) is 17.8 Å². The van der Waals surface area contributed by atoms with E-state index < -0.39 is 0 Å². The Morgan fingerprint density at radius 2 is 1.96 bits per heavy atom. The van der Waals surface area contributed by atoms with Crippen LogP contribution in [0, 0.1) is 6.92 Å². The van der Waals surface area contributed by atoms with Crippen LogP contribution in [-0.2, 0) is 19.4 Å². The number of benzene rings is 1. The molecule has 3 heterocycles. The van der Waals surface area contributed by atoms with Gasteiger partial charge in [-0.15, -0.1) is 0 Å². The Balaban J connectivity index is 1.25. The Hall–Kier alpha value is -2.56. The number of rotatable bonds is 3. The van der Waals surface area contributed by atoms with Gasteiger partial charge in [0.25, 0.3) is 5.91 Å². The molecule has 1 fully saturated rings. The number of ether oxygens (including phenoxy) is 1. The zero-order valence-electron chi connectivity index (χ0n) is 15.8. The number of aromatic nitrogens is 1. The standard InChI is InChI=1S/C22H25N3O2/c1-14-11-19-20(13-23-22(19)26)24-21(14)25-9-7-17(8-10-25)27-18-6-5-15-3-2-4-16(15)12-18/h5-6,11-12,17H,2-4,7-10,13H2,1H3,(H,23,26). The van der Waals surface area contributed by atoms with E-state index in [4.69, 9.17) is 9.72 Å². The number of piperidine rings is 1. The molecule has 27 heavy (non-hydrogen) atoms. The number of carbonyl (C=O) groups is 1. The van der Waals surface area contributed by atoms with Gasteiger partial charge in [-0.1, -0.05) is 6.07 Å². The normalized spacial score (nSPS) is 19.0.